The molecule has 5 heteroatoms. The fourth-order valence-electron chi connectivity index (χ4n) is 1.90. The molecular formula is C14H21BrN2O2. The van der Waals surface area contributed by atoms with Gasteiger partial charge in [0.05, 0.1) is 12.6 Å². The summed E-state index contributed by atoms with van der Waals surface area (Å²) >= 11 is 3.38. The van der Waals surface area contributed by atoms with Crippen molar-refractivity contribution in [2.45, 2.75) is 25.9 Å². The van der Waals surface area contributed by atoms with Gasteiger partial charge < -0.3 is 10.8 Å². The number of aliphatic hydroxyl groups excluding tert-OH is 1. The summed E-state index contributed by atoms with van der Waals surface area (Å²) < 4.78 is 0.930. The van der Waals surface area contributed by atoms with Crippen LogP contribution >= 0.6 is 15.9 Å². The van der Waals surface area contributed by atoms with Gasteiger partial charge in [-0.05, 0) is 30.7 Å². The summed E-state index contributed by atoms with van der Waals surface area (Å²) in [6, 6.07) is 7.55. The zero-order valence-electron chi connectivity index (χ0n) is 11.2. The molecule has 1 aromatic rings. The molecule has 1 aromatic carbocycles. The van der Waals surface area contributed by atoms with E-state index in [0.29, 0.717) is 6.54 Å². The normalized spacial score (nSPS) is 12.6. The highest BCUT2D eigenvalue weighted by Crippen LogP contribution is 2.19. The van der Waals surface area contributed by atoms with E-state index in [1.54, 1.807) is 0 Å². The van der Waals surface area contributed by atoms with Crippen LogP contribution in [0.15, 0.2) is 28.7 Å². The van der Waals surface area contributed by atoms with E-state index >= 15 is 0 Å². The largest absolute Gasteiger partial charge is 0.387 e. The van der Waals surface area contributed by atoms with E-state index in [4.69, 9.17) is 5.73 Å². The highest BCUT2D eigenvalue weighted by molar-refractivity contribution is 9.10. The molecule has 1 atom stereocenters. The van der Waals surface area contributed by atoms with Crippen molar-refractivity contribution < 1.29 is 9.90 Å². The standard InChI is InChI=1S/C14H21BrN2O2/c1-2-3-7-17(10-14(16)19)9-13(18)11-5-4-6-12(15)8-11/h4-6,8,13,18H,2-3,7,9-10H2,1H3,(H2,16,19). The van der Waals surface area contributed by atoms with Gasteiger partial charge in [0.15, 0.2) is 0 Å². The van der Waals surface area contributed by atoms with Crippen molar-refractivity contribution in [1.29, 1.82) is 0 Å². The summed E-state index contributed by atoms with van der Waals surface area (Å²) in [5.41, 5.74) is 6.07. The van der Waals surface area contributed by atoms with E-state index in [1.807, 2.05) is 29.2 Å². The van der Waals surface area contributed by atoms with E-state index in [2.05, 4.69) is 22.9 Å². The van der Waals surface area contributed by atoms with Gasteiger partial charge in [0.2, 0.25) is 5.91 Å². The minimum atomic E-state index is -0.617. The van der Waals surface area contributed by atoms with Gasteiger partial charge in [0.1, 0.15) is 0 Å². The summed E-state index contributed by atoms with van der Waals surface area (Å²) in [7, 11) is 0. The van der Waals surface area contributed by atoms with Gasteiger partial charge in [-0.3, -0.25) is 9.69 Å². The van der Waals surface area contributed by atoms with Crippen molar-refractivity contribution in [3.63, 3.8) is 0 Å². The maximum Gasteiger partial charge on any atom is 0.231 e. The molecule has 0 aromatic heterocycles. The topological polar surface area (TPSA) is 66.6 Å². The number of halogens is 1. The summed E-state index contributed by atoms with van der Waals surface area (Å²) in [4.78, 5) is 12.9. The summed E-state index contributed by atoms with van der Waals surface area (Å²) in [5, 5.41) is 10.2. The van der Waals surface area contributed by atoms with Gasteiger partial charge in [0.25, 0.3) is 0 Å². The third kappa shape index (κ3) is 6.18. The van der Waals surface area contributed by atoms with E-state index < -0.39 is 6.10 Å². The van der Waals surface area contributed by atoms with Crippen LogP contribution < -0.4 is 5.73 Å². The molecule has 0 aliphatic carbocycles. The van der Waals surface area contributed by atoms with Crippen LogP contribution in [0.2, 0.25) is 0 Å². The predicted octanol–water partition coefficient (Wildman–Crippen LogP) is 2.07. The molecule has 0 radical (unpaired) electrons. The molecule has 4 nitrogen and oxygen atoms in total. The van der Waals surface area contributed by atoms with Gasteiger partial charge >= 0.3 is 0 Å². The van der Waals surface area contributed by atoms with Crippen LogP contribution in [0.5, 0.6) is 0 Å². The Bertz CT molecular complexity index is 412. The third-order valence-electron chi connectivity index (χ3n) is 2.87. The van der Waals surface area contributed by atoms with Crippen molar-refractivity contribution in [3.8, 4) is 0 Å². The zero-order chi connectivity index (χ0) is 14.3. The first kappa shape index (κ1) is 16.1. The van der Waals surface area contributed by atoms with Crippen LogP contribution in [0.3, 0.4) is 0 Å². The van der Waals surface area contributed by atoms with Crippen LogP contribution in [0.25, 0.3) is 0 Å². The number of carbonyl (C=O) groups excluding carboxylic acids is 1. The lowest BCUT2D eigenvalue weighted by Crippen LogP contribution is -2.37. The van der Waals surface area contributed by atoms with Crippen LogP contribution in [-0.4, -0.2) is 35.5 Å². The van der Waals surface area contributed by atoms with Gasteiger partial charge in [0, 0.05) is 11.0 Å². The van der Waals surface area contributed by atoms with Crippen LogP contribution in [-0.2, 0) is 4.79 Å². The Morgan fingerprint density at radius 2 is 2.26 bits per heavy atom. The van der Waals surface area contributed by atoms with Crippen LogP contribution in [0.4, 0.5) is 0 Å². The molecule has 0 fully saturated rings. The second-order valence-corrected chi connectivity index (χ2v) is 5.54. The average Bonchev–Trinajstić information content (AvgIpc) is 2.35. The molecule has 3 N–H and O–H groups in total. The number of nitrogens with zero attached hydrogens (tertiary/aromatic N) is 1. The summed E-state index contributed by atoms with van der Waals surface area (Å²) in [6.45, 7) is 3.46. The first-order valence-corrected chi connectivity index (χ1v) is 7.26. The van der Waals surface area contributed by atoms with E-state index in [9.17, 15) is 9.90 Å². The predicted molar refractivity (Wildman–Crippen MR) is 79.6 cm³/mol. The van der Waals surface area contributed by atoms with Gasteiger partial charge in [-0.1, -0.05) is 41.4 Å². The lowest BCUT2D eigenvalue weighted by Gasteiger charge is -2.23. The number of rotatable bonds is 8. The Balaban J connectivity index is 2.63. The molecule has 106 valence electrons. The van der Waals surface area contributed by atoms with E-state index in [1.165, 1.54) is 0 Å². The molecule has 0 bridgehead atoms. The first-order valence-electron chi connectivity index (χ1n) is 6.47. The SMILES string of the molecule is CCCCN(CC(N)=O)CC(O)c1cccc(Br)c1. The van der Waals surface area contributed by atoms with Crippen molar-refractivity contribution in [2.75, 3.05) is 19.6 Å². The molecule has 0 aliphatic heterocycles. The number of hydrogen-bond acceptors (Lipinski definition) is 3. The lowest BCUT2D eigenvalue weighted by molar-refractivity contribution is -0.119. The number of nitrogens with two attached hydrogens (primary N) is 1. The molecule has 0 spiro atoms. The highest BCUT2D eigenvalue weighted by atomic mass is 79.9. The van der Waals surface area contributed by atoms with Gasteiger partial charge in [-0.2, -0.15) is 0 Å². The number of benzene rings is 1. The van der Waals surface area contributed by atoms with E-state index in [0.717, 1.165) is 29.4 Å². The summed E-state index contributed by atoms with van der Waals surface area (Å²) in [6.07, 6.45) is 1.41. The summed E-state index contributed by atoms with van der Waals surface area (Å²) in [5.74, 6) is -0.363. The molecule has 1 unspecified atom stereocenters. The van der Waals surface area contributed by atoms with Gasteiger partial charge in [-0.25, -0.2) is 0 Å². The molecule has 0 saturated carbocycles. The molecule has 1 rings (SSSR count). The Morgan fingerprint density at radius 1 is 1.53 bits per heavy atom. The Hall–Kier alpha value is -0.910. The highest BCUT2D eigenvalue weighted by Gasteiger charge is 2.15. The number of amides is 1. The van der Waals surface area contributed by atoms with Crippen LogP contribution in [0.1, 0.15) is 31.4 Å². The van der Waals surface area contributed by atoms with Gasteiger partial charge in [-0.15, -0.1) is 0 Å². The fraction of sp³-hybridized carbons (Fsp3) is 0.500. The lowest BCUT2D eigenvalue weighted by atomic mass is 10.1. The van der Waals surface area contributed by atoms with Crippen molar-refractivity contribution >= 4 is 21.8 Å². The molecule has 19 heavy (non-hydrogen) atoms. The number of carbonyl (C=O) groups is 1. The number of hydrogen-bond donors (Lipinski definition) is 2. The maximum atomic E-state index is 11.0. The van der Waals surface area contributed by atoms with Crippen molar-refractivity contribution in [2.24, 2.45) is 5.73 Å². The number of unbranched alkanes of at least 4 members (excludes halogenated alkanes) is 1. The second kappa shape index (κ2) is 8.30. The monoisotopic (exact) mass is 328 g/mol. The minimum Gasteiger partial charge on any atom is -0.387 e. The zero-order valence-corrected chi connectivity index (χ0v) is 12.8. The third-order valence-corrected chi connectivity index (χ3v) is 3.37. The smallest absolute Gasteiger partial charge is 0.231 e. The Labute approximate surface area is 122 Å². The maximum absolute atomic E-state index is 11.0. The fourth-order valence-corrected chi connectivity index (χ4v) is 2.32. The number of primary amides is 1. The average molecular weight is 329 g/mol. The molecule has 0 aliphatic rings. The molecular weight excluding hydrogens is 308 g/mol. The first-order chi connectivity index (χ1) is 9.02. The second-order valence-electron chi connectivity index (χ2n) is 4.63. The quantitative estimate of drug-likeness (QED) is 0.767. The Kier molecular flexibility index (Phi) is 7.05. The van der Waals surface area contributed by atoms with Crippen molar-refractivity contribution in [1.82, 2.24) is 4.90 Å². The molecule has 0 heterocycles. The minimum absolute atomic E-state index is 0.186. The molecule has 1 amide bonds. The Morgan fingerprint density at radius 3 is 2.84 bits per heavy atom. The van der Waals surface area contributed by atoms with Crippen LogP contribution in [0, 0.1) is 0 Å². The van der Waals surface area contributed by atoms with Crippen molar-refractivity contribution in [3.05, 3.63) is 34.3 Å². The number of aliphatic hydroxyl groups is 1. The van der Waals surface area contributed by atoms with E-state index in [-0.39, 0.29) is 12.5 Å². The molecule has 0 saturated heterocycles.